The summed E-state index contributed by atoms with van der Waals surface area (Å²) in [5.74, 6) is -0.139. The lowest BCUT2D eigenvalue weighted by Gasteiger charge is -2.23. The number of carbonyl (C=O) groups excluding carboxylic acids is 2. The third kappa shape index (κ3) is 1.61. The largest absolute Gasteiger partial charge is 0.492 e. The number of allylic oxidation sites excluding steroid dienone is 2. The summed E-state index contributed by atoms with van der Waals surface area (Å²) in [7, 11) is 1.43. The summed E-state index contributed by atoms with van der Waals surface area (Å²) in [5, 5.41) is 0.0682. The Morgan fingerprint density at radius 2 is 1.95 bits per heavy atom. The zero-order valence-electron chi connectivity index (χ0n) is 11.7. The van der Waals surface area contributed by atoms with Crippen LogP contribution in [0, 0.1) is 6.92 Å². The van der Waals surface area contributed by atoms with Gasteiger partial charge in [-0.15, -0.1) is 11.6 Å². The molecule has 2 aliphatic rings. The SMILES string of the molecule is COC1=C(C)C(=O)c2c(c(C)c3n2CCC(Cl)C3)C1=O. The van der Waals surface area contributed by atoms with Crippen LogP contribution in [0.3, 0.4) is 0 Å². The fourth-order valence-corrected chi connectivity index (χ4v) is 3.45. The first-order valence-corrected chi connectivity index (χ1v) is 7.11. The maximum atomic E-state index is 12.6. The van der Waals surface area contributed by atoms with Crippen molar-refractivity contribution in [3.63, 3.8) is 0 Å². The monoisotopic (exact) mass is 293 g/mol. The summed E-state index contributed by atoms with van der Waals surface area (Å²) in [6.07, 6.45) is 1.51. The van der Waals surface area contributed by atoms with Gasteiger partial charge in [0, 0.05) is 29.6 Å². The van der Waals surface area contributed by atoms with Gasteiger partial charge in [0.1, 0.15) is 5.69 Å². The topological polar surface area (TPSA) is 48.3 Å². The number of hydrogen-bond acceptors (Lipinski definition) is 3. The van der Waals surface area contributed by atoms with Gasteiger partial charge in [-0.3, -0.25) is 9.59 Å². The second kappa shape index (κ2) is 4.48. The van der Waals surface area contributed by atoms with Crippen LogP contribution in [0.25, 0.3) is 0 Å². The van der Waals surface area contributed by atoms with Crippen molar-refractivity contribution in [1.82, 2.24) is 4.57 Å². The lowest BCUT2D eigenvalue weighted by Crippen LogP contribution is -2.26. The molecule has 1 atom stereocenters. The van der Waals surface area contributed by atoms with E-state index in [4.69, 9.17) is 16.3 Å². The number of methoxy groups -OCH3 is 1. The molecule has 1 aromatic rings. The molecule has 20 heavy (non-hydrogen) atoms. The average Bonchev–Trinajstić information content (AvgIpc) is 2.70. The van der Waals surface area contributed by atoms with Crippen molar-refractivity contribution in [1.29, 1.82) is 0 Å². The molecule has 0 radical (unpaired) electrons. The van der Waals surface area contributed by atoms with Crippen molar-refractivity contribution in [2.75, 3.05) is 7.11 Å². The molecule has 0 spiro atoms. The minimum atomic E-state index is -0.190. The molecule has 1 aromatic heterocycles. The predicted molar refractivity (Wildman–Crippen MR) is 75.5 cm³/mol. The van der Waals surface area contributed by atoms with Gasteiger partial charge in [0.05, 0.1) is 12.7 Å². The van der Waals surface area contributed by atoms with Crippen LogP contribution in [-0.2, 0) is 17.7 Å². The van der Waals surface area contributed by atoms with E-state index in [1.54, 1.807) is 6.92 Å². The fourth-order valence-electron chi connectivity index (χ4n) is 3.21. The maximum Gasteiger partial charge on any atom is 0.230 e. The number of carbonyl (C=O) groups is 2. The second-order valence-electron chi connectivity index (χ2n) is 5.35. The highest BCUT2D eigenvalue weighted by molar-refractivity contribution is 6.26. The van der Waals surface area contributed by atoms with Crippen LogP contribution < -0.4 is 0 Å². The molecule has 106 valence electrons. The summed E-state index contributed by atoms with van der Waals surface area (Å²) < 4.78 is 7.10. The van der Waals surface area contributed by atoms with Crippen LogP contribution in [0.15, 0.2) is 11.3 Å². The van der Waals surface area contributed by atoms with Gasteiger partial charge in [-0.25, -0.2) is 0 Å². The van der Waals surface area contributed by atoms with Crippen molar-refractivity contribution in [3.8, 4) is 0 Å². The molecular weight excluding hydrogens is 278 g/mol. The summed E-state index contributed by atoms with van der Waals surface area (Å²) in [5.41, 5.74) is 3.28. The number of ketones is 2. The summed E-state index contributed by atoms with van der Waals surface area (Å²) in [6.45, 7) is 4.22. The molecule has 0 saturated carbocycles. The van der Waals surface area contributed by atoms with Gasteiger partial charge in [-0.05, 0) is 25.8 Å². The first-order chi connectivity index (χ1) is 9.47. The molecule has 1 aliphatic heterocycles. The lowest BCUT2D eigenvalue weighted by molar-refractivity contribution is 0.0901. The minimum Gasteiger partial charge on any atom is -0.492 e. The van der Waals surface area contributed by atoms with Crippen molar-refractivity contribution >= 4 is 23.2 Å². The Bertz CT molecular complexity index is 669. The van der Waals surface area contributed by atoms with Crippen LogP contribution >= 0.6 is 11.6 Å². The average molecular weight is 294 g/mol. The van der Waals surface area contributed by atoms with E-state index < -0.39 is 0 Å². The van der Waals surface area contributed by atoms with E-state index in [1.807, 2.05) is 11.5 Å². The molecule has 4 nitrogen and oxygen atoms in total. The zero-order valence-corrected chi connectivity index (χ0v) is 12.5. The van der Waals surface area contributed by atoms with E-state index in [9.17, 15) is 9.59 Å². The summed E-state index contributed by atoms with van der Waals surface area (Å²) >= 11 is 6.22. The molecule has 0 fully saturated rings. The van der Waals surface area contributed by atoms with Gasteiger partial charge in [-0.2, -0.15) is 0 Å². The molecular formula is C15H16ClNO3. The summed E-state index contributed by atoms with van der Waals surface area (Å²) in [6, 6.07) is 0. The number of hydrogen-bond donors (Lipinski definition) is 0. The van der Waals surface area contributed by atoms with Crippen LogP contribution in [0.1, 0.15) is 45.4 Å². The third-order valence-corrected chi connectivity index (χ3v) is 4.63. The zero-order chi connectivity index (χ0) is 14.6. The third-order valence-electron chi connectivity index (χ3n) is 4.25. The maximum absolute atomic E-state index is 12.6. The Kier molecular flexibility index (Phi) is 3.01. The van der Waals surface area contributed by atoms with Gasteiger partial charge in [0.25, 0.3) is 0 Å². The number of nitrogens with zero attached hydrogens (tertiary/aromatic N) is 1. The number of halogens is 1. The number of rotatable bonds is 1. The quantitative estimate of drug-likeness (QED) is 0.748. The van der Waals surface area contributed by atoms with E-state index in [0.717, 1.165) is 17.7 Å². The van der Waals surface area contributed by atoms with Gasteiger partial charge >= 0.3 is 0 Å². The number of fused-ring (bicyclic) bond motifs is 3. The second-order valence-corrected chi connectivity index (χ2v) is 5.97. The fraction of sp³-hybridized carbons (Fsp3) is 0.467. The van der Waals surface area contributed by atoms with Crippen LogP contribution in [0.5, 0.6) is 0 Å². The molecule has 0 aromatic carbocycles. The van der Waals surface area contributed by atoms with Crippen molar-refractivity contribution in [2.45, 2.75) is 38.6 Å². The lowest BCUT2D eigenvalue weighted by atomic mass is 9.91. The minimum absolute atomic E-state index is 0.0682. The van der Waals surface area contributed by atoms with Crippen LogP contribution in [0.4, 0.5) is 0 Å². The highest BCUT2D eigenvalue weighted by atomic mass is 35.5. The molecule has 1 unspecified atom stereocenters. The molecule has 3 rings (SSSR count). The number of Topliss-reactive ketones (excluding diaryl/α,β-unsaturated/α-hetero) is 2. The standard InChI is InChI=1S/C15H16ClNO3/c1-7-10-6-9(16)4-5-17(10)12-11(7)14(19)15(20-3)8(2)13(12)18/h9H,4-6H2,1-3H3. The molecule has 5 heteroatoms. The Morgan fingerprint density at radius 1 is 1.25 bits per heavy atom. The molecule has 0 bridgehead atoms. The molecule has 2 heterocycles. The number of aromatic nitrogens is 1. The summed E-state index contributed by atoms with van der Waals surface area (Å²) in [4.78, 5) is 25.1. The molecule has 0 N–H and O–H groups in total. The van der Waals surface area contributed by atoms with E-state index in [2.05, 4.69) is 0 Å². The number of ether oxygens (including phenoxy) is 1. The van der Waals surface area contributed by atoms with Crippen molar-refractivity contribution < 1.29 is 14.3 Å². The highest BCUT2D eigenvalue weighted by Crippen LogP contribution is 2.36. The smallest absolute Gasteiger partial charge is 0.230 e. The highest BCUT2D eigenvalue weighted by Gasteiger charge is 2.38. The first-order valence-electron chi connectivity index (χ1n) is 6.67. The van der Waals surface area contributed by atoms with E-state index in [1.165, 1.54) is 7.11 Å². The molecule has 0 saturated heterocycles. The van der Waals surface area contributed by atoms with Gasteiger partial charge in [0.15, 0.2) is 5.76 Å². The van der Waals surface area contributed by atoms with Gasteiger partial charge in [-0.1, -0.05) is 0 Å². The predicted octanol–water partition coefficient (Wildman–Crippen LogP) is 2.65. The van der Waals surface area contributed by atoms with E-state index in [-0.39, 0.29) is 22.7 Å². The van der Waals surface area contributed by atoms with E-state index >= 15 is 0 Å². The van der Waals surface area contributed by atoms with E-state index in [0.29, 0.717) is 29.8 Å². The van der Waals surface area contributed by atoms with Gasteiger partial charge in [0.2, 0.25) is 11.6 Å². The van der Waals surface area contributed by atoms with Crippen molar-refractivity contribution in [3.05, 3.63) is 33.8 Å². The van der Waals surface area contributed by atoms with Crippen LogP contribution in [0.2, 0.25) is 0 Å². The first kappa shape index (κ1) is 13.4. The Morgan fingerprint density at radius 3 is 2.60 bits per heavy atom. The molecule has 1 aliphatic carbocycles. The molecule has 0 amide bonds. The van der Waals surface area contributed by atoms with Gasteiger partial charge < -0.3 is 9.30 Å². The van der Waals surface area contributed by atoms with Crippen LogP contribution in [-0.4, -0.2) is 28.6 Å². The Labute approximate surface area is 122 Å². The Hall–Kier alpha value is -1.55. The normalized spacial score (nSPS) is 21.9. The van der Waals surface area contributed by atoms with Crippen molar-refractivity contribution in [2.24, 2.45) is 0 Å². The number of alkyl halides is 1. The Balaban J connectivity index is 2.27.